The molecule has 1 aromatic heterocycles. The van der Waals surface area contributed by atoms with E-state index >= 15 is 0 Å². The van der Waals surface area contributed by atoms with Crippen molar-refractivity contribution < 1.29 is 9.21 Å². The van der Waals surface area contributed by atoms with Gasteiger partial charge in [-0.3, -0.25) is 4.79 Å². The lowest BCUT2D eigenvalue weighted by atomic mass is 10.1. The Morgan fingerprint density at radius 3 is 2.54 bits per heavy atom. The summed E-state index contributed by atoms with van der Waals surface area (Å²) in [4.78, 5) is 16.5. The van der Waals surface area contributed by atoms with Crippen LogP contribution in [-0.4, -0.2) is 23.5 Å². The van der Waals surface area contributed by atoms with Gasteiger partial charge in [0.05, 0.1) is 0 Å². The number of hydrogen-bond acceptors (Lipinski definition) is 4. The van der Waals surface area contributed by atoms with E-state index in [9.17, 15) is 4.79 Å². The molecule has 0 spiro atoms. The van der Waals surface area contributed by atoms with E-state index in [1.807, 2.05) is 31.2 Å². The summed E-state index contributed by atoms with van der Waals surface area (Å²) in [5, 5.41) is 2.94. The number of halogens is 2. The highest BCUT2D eigenvalue weighted by Crippen LogP contribution is 2.23. The van der Waals surface area contributed by atoms with Crippen molar-refractivity contribution >= 4 is 30.7 Å². The molecule has 0 aliphatic heterocycles. The minimum Gasteiger partial charge on any atom is -0.443 e. The smallest absolute Gasteiger partial charge is 0.274 e. The molecule has 5 nitrogen and oxygen atoms in total. The van der Waals surface area contributed by atoms with E-state index in [1.165, 1.54) is 6.39 Å². The predicted molar refractivity (Wildman–Crippen MR) is 101 cm³/mol. The van der Waals surface area contributed by atoms with Gasteiger partial charge >= 0.3 is 0 Å². The van der Waals surface area contributed by atoms with Crippen LogP contribution in [0.3, 0.4) is 0 Å². The summed E-state index contributed by atoms with van der Waals surface area (Å²) in [6, 6.07) is 7.76. The number of carbonyl (C=O) groups excluding carboxylic acids is 1. The molecule has 0 saturated heterocycles. The molecule has 1 heterocycles. The zero-order valence-electron chi connectivity index (χ0n) is 14.0. The maximum Gasteiger partial charge on any atom is 0.274 e. The van der Waals surface area contributed by atoms with Crippen LogP contribution in [-0.2, 0) is 0 Å². The standard InChI is InChI=1S/C17H23N3O2.2ClH/c1-3-4-5-14(10-18)20-17(21)15-16(22-11-19-15)13-8-6-12(2)7-9-13;;/h6-9,11,14H,3-5,10,18H2,1-2H3,(H,20,21);2*1H. The highest BCUT2D eigenvalue weighted by Gasteiger charge is 2.20. The summed E-state index contributed by atoms with van der Waals surface area (Å²) in [7, 11) is 0. The Labute approximate surface area is 155 Å². The molecule has 0 radical (unpaired) electrons. The van der Waals surface area contributed by atoms with Crippen molar-refractivity contribution in [3.8, 4) is 11.3 Å². The maximum atomic E-state index is 12.4. The number of rotatable bonds is 7. The molecule has 134 valence electrons. The Kier molecular flexibility index (Phi) is 10.4. The van der Waals surface area contributed by atoms with Crippen molar-refractivity contribution in [3.63, 3.8) is 0 Å². The predicted octanol–water partition coefficient (Wildman–Crippen LogP) is 3.74. The van der Waals surface area contributed by atoms with Gasteiger partial charge in [0.15, 0.2) is 17.8 Å². The first-order valence-corrected chi connectivity index (χ1v) is 7.67. The van der Waals surface area contributed by atoms with E-state index in [1.54, 1.807) is 0 Å². The highest BCUT2D eigenvalue weighted by atomic mass is 35.5. The van der Waals surface area contributed by atoms with Crippen LogP contribution in [0.5, 0.6) is 0 Å². The Morgan fingerprint density at radius 1 is 1.29 bits per heavy atom. The number of nitrogens with two attached hydrogens (primary N) is 1. The second kappa shape index (κ2) is 11.1. The van der Waals surface area contributed by atoms with Crippen molar-refractivity contribution in [3.05, 3.63) is 41.9 Å². The largest absolute Gasteiger partial charge is 0.443 e. The van der Waals surface area contributed by atoms with Crippen molar-refractivity contribution in [2.75, 3.05) is 6.54 Å². The Morgan fingerprint density at radius 2 is 1.96 bits per heavy atom. The molecule has 0 aliphatic carbocycles. The third kappa shape index (κ3) is 5.82. The van der Waals surface area contributed by atoms with Gasteiger partial charge in [-0.2, -0.15) is 0 Å². The van der Waals surface area contributed by atoms with Crippen LogP contribution in [0.2, 0.25) is 0 Å². The molecule has 0 aliphatic rings. The Balaban J connectivity index is 0.00000264. The molecule has 1 atom stereocenters. The molecule has 0 fully saturated rings. The summed E-state index contributed by atoms with van der Waals surface area (Å²) < 4.78 is 5.40. The quantitative estimate of drug-likeness (QED) is 0.774. The van der Waals surface area contributed by atoms with Gasteiger partial charge in [0.2, 0.25) is 0 Å². The molecule has 2 aromatic rings. The molecule has 24 heavy (non-hydrogen) atoms. The van der Waals surface area contributed by atoms with Crippen LogP contribution in [0.4, 0.5) is 0 Å². The number of aromatic nitrogens is 1. The van der Waals surface area contributed by atoms with E-state index in [0.717, 1.165) is 30.4 Å². The topological polar surface area (TPSA) is 81.1 Å². The van der Waals surface area contributed by atoms with Crippen molar-refractivity contribution in [2.45, 2.75) is 39.2 Å². The number of unbranched alkanes of at least 4 members (excludes halogenated alkanes) is 1. The van der Waals surface area contributed by atoms with E-state index in [4.69, 9.17) is 10.2 Å². The fourth-order valence-electron chi connectivity index (χ4n) is 2.27. The Bertz CT molecular complexity index is 615. The number of amides is 1. The van der Waals surface area contributed by atoms with Gasteiger partial charge in [-0.25, -0.2) is 4.98 Å². The lowest BCUT2D eigenvalue weighted by Gasteiger charge is -2.15. The molecule has 7 heteroatoms. The molecule has 1 aromatic carbocycles. The molecular weight excluding hydrogens is 349 g/mol. The second-order valence-electron chi connectivity index (χ2n) is 5.44. The number of aryl methyl sites for hydroxylation is 1. The number of oxazole rings is 1. The number of hydrogen-bond donors (Lipinski definition) is 2. The zero-order chi connectivity index (χ0) is 15.9. The normalized spacial score (nSPS) is 11.1. The molecule has 1 unspecified atom stereocenters. The van der Waals surface area contributed by atoms with Crippen molar-refractivity contribution in [2.24, 2.45) is 5.73 Å². The van der Waals surface area contributed by atoms with Crippen LogP contribution in [0.15, 0.2) is 35.1 Å². The molecular formula is C17H25Cl2N3O2. The number of carbonyl (C=O) groups is 1. The van der Waals surface area contributed by atoms with Crippen LogP contribution in [0.25, 0.3) is 11.3 Å². The van der Waals surface area contributed by atoms with E-state index < -0.39 is 0 Å². The van der Waals surface area contributed by atoms with Crippen LogP contribution >= 0.6 is 24.8 Å². The molecule has 2 rings (SSSR count). The fraction of sp³-hybridized carbons (Fsp3) is 0.412. The highest BCUT2D eigenvalue weighted by molar-refractivity contribution is 5.97. The lowest BCUT2D eigenvalue weighted by molar-refractivity contribution is 0.0931. The van der Waals surface area contributed by atoms with Gasteiger partial charge in [-0.05, 0) is 13.3 Å². The third-order valence-electron chi connectivity index (χ3n) is 3.62. The number of nitrogens with zero attached hydrogens (tertiary/aromatic N) is 1. The molecule has 0 saturated carbocycles. The maximum absolute atomic E-state index is 12.4. The van der Waals surface area contributed by atoms with Gasteiger partial charge in [0.25, 0.3) is 5.91 Å². The summed E-state index contributed by atoms with van der Waals surface area (Å²) in [5.41, 5.74) is 8.02. The number of benzene rings is 1. The van der Waals surface area contributed by atoms with Gasteiger partial charge < -0.3 is 15.5 Å². The summed E-state index contributed by atoms with van der Waals surface area (Å²) in [5.74, 6) is 0.250. The summed E-state index contributed by atoms with van der Waals surface area (Å²) in [6.07, 6.45) is 4.28. The minimum absolute atomic E-state index is 0. The lowest BCUT2D eigenvalue weighted by Crippen LogP contribution is -2.40. The zero-order valence-corrected chi connectivity index (χ0v) is 15.6. The second-order valence-corrected chi connectivity index (χ2v) is 5.44. The molecule has 0 bridgehead atoms. The molecule has 3 N–H and O–H groups in total. The summed E-state index contributed by atoms with van der Waals surface area (Å²) in [6.45, 7) is 4.54. The third-order valence-corrected chi connectivity index (χ3v) is 3.62. The van der Waals surface area contributed by atoms with Gasteiger partial charge in [-0.1, -0.05) is 49.6 Å². The van der Waals surface area contributed by atoms with Crippen LogP contribution < -0.4 is 11.1 Å². The fourth-order valence-corrected chi connectivity index (χ4v) is 2.27. The average molecular weight is 374 g/mol. The van der Waals surface area contributed by atoms with E-state index in [0.29, 0.717) is 18.0 Å². The van der Waals surface area contributed by atoms with Gasteiger partial charge in [-0.15, -0.1) is 24.8 Å². The van der Waals surface area contributed by atoms with Crippen LogP contribution in [0, 0.1) is 6.92 Å². The number of nitrogens with one attached hydrogen (secondary N) is 1. The SMILES string of the molecule is CCCCC(CN)NC(=O)c1ncoc1-c1ccc(C)cc1.Cl.Cl. The minimum atomic E-state index is -0.240. The monoisotopic (exact) mass is 373 g/mol. The Hall–Kier alpha value is -1.56. The average Bonchev–Trinajstić information content (AvgIpc) is 3.01. The van der Waals surface area contributed by atoms with Gasteiger partial charge in [0, 0.05) is 18.2 Å². The summed E-state index contributed by atoms with van der Waals surface area (Å²) >= 11 is 0. The first-order valence-electron chi connectivity index (χ1n) is 7.67. The van der Waals surface area contributed by atoms with E-state index in [-0.39, 0.29) is 36.8 Å². The van der Waals surface area contributed by atoms with Crippen molar-refractivity contribution in [1.82, 2.24) is 10.3 Å². The van der Waals surface area contributed by atoms with Gasteiger partial charge in [0.1, 0.15) is 0 Å². The van der Waals surface area contributed by atoms with E-state index in [2.05, 4.69) is 17.2 Å². The molecule has 1 amide bonds. The van der Waals surface area contributed by atoms with Crippen LogP contribution in [0.1, 0.15) is 42.2 Å². The first-order chi connectivity index (χ1) is 10.7. The van der Waals surface area contributed by atoms with Crippen molar-refractivity contribution in [1.29, 1.82) is 0 Å². The first kappa shape index (κ1) is 22.4.